The van der Waals surface area contributed by atoms with Crippen LogP contribution in [0.4, 0.5) is 8.78 Å². The third kappa shape index (κ3) is 0.689. The fraction of sp³-hybridized carbons (Fsp3) is 0.500. The van der Waals surface area contributed by atoms with Crippen molar-refractivity contribution in [3.05, 3.63) is 34.9 Å². The van der Waals surface area contributed by atoms with Crippen LogP contribution in [0.3, 0.4) is 0 Å². The molecule has 2 unspecified atom stereocenters. The zero-order chi connectivity index (χ0) is 10.3. The molecule has 1 aliphatic heterocycles. The molecule has 3 heteroatoms. The molecule has 0 spiro atoms. The Morgan fingerprint density at radius 1 is 1.20 bits per heavy atom. The molecule has 0 aromatic heterocycles. The third-order valence-corrected chi connectivity index (χ3v) is 4.65. The molecule has 1 saturated heterocycles. The van der Waals surface area contributed by atoms with Gasteiger partial charge in [-0.05, 0) is 35.4 Å². The van der Waals surface area contributed by atoms with Gasteiger partial charge in [-0.1, -0.05) is 6.07 Å². The van der Waals surface area contributed by atoms with E-state index >= 15 is 0 Å². The minimum Gasteiger partial charge on any atom is -0.315 e. The molecule has 2 atom stereocenters. The summed E-state index contributed by atoms with van der Waals surface area (Å²) in [4.78, 5) is 0. The lowest BCUT2D eigenvalue weighted by Crippen LogP contribution is -2.21. The van der Waals surface area contributed by atoms with Crippen molar-refractivity contribution in [1.29, 1.82) is 0 Å². The second-order valence-corrected chi connectivity index (χ2v) is 5.21. The Kier molecular flexibility index (Phi) is 1.15. The van der Waals surface area contributed by atoms with Crippen molar-refractivity contribution in [3.8, 4) is 0 Å². The molecule has 1 aromatic rings. The monoisotopic (exact) mass is 207 g/mol. The number of piperidine rings is 1. The van der Waals surface area contributed by atoms with E-state index in [1.807, 2.05) is 0 Å². The van der Waals surface area contributed by atoms with Gasteiger partial charge >= 0.3 is 0 Å². The molecule has 4 rings (SSSR count). The minimum absolute atomic E-state index is 0.150. The van der Waals surface area contributed by atoms with Gasteiger partial charge < -0.3 is 5.32 Å². The highest BCUT2D eigenvalue weighted by molar-refractivity contribution is 5.54. The summed E-state index contributed by atoms with van der Waals surface area (Å²) < 4.78 is 26.7. The summed E-state index contributed by atoms with van der Waals surface area (Å²) in [7, 11) is 0. The number of halogens is 2. The second kappa shape index (κ2) is 2.09. The molecule has 3 aliphatic rings. The molecular weight excluding hydrogens is 196 g/mol. The van der Waals surface area contributed by atoms with E-state index in [1.54, 1.807) is 6.07 Å². The van der Waals surface area contributed by atoms with Crippen LogP contribution in [0.15, 0.2) is 12.1 Å². The lowest BCUT2D eigenvalue weighted by Gasteiger charge is -2.14. The first-order valence-electron chi connectivity index (χ1n) is 5.37. The molecule has 1 nitrogen and oxygen atoms in total. The molecule has 1 saturated carbocycles. The summed E-state index contributed by atoms with van der Waals surface area (Å²) in [6.45, 7) is 1.90. The molecule has 1 aromatic carbocycles. The van der Waals surface area contributed by atoms with Crippen molar-refractivity contribution in [1.82, 2.24) is 5.32 Å². The van der Waals surface area contributed by atoms with Crippen LogP contribution < -0.4 is 5.32 Å². The molecule has 2 aliphatic carbocycles. The Balaban J connectivity index is 1.98. The summed E-state index contributed by atoms with van der Waals surface area (Å²) in [5.74, 6) is -1.31. The van der Waals surface area contributed by atoms with Crippen molar-refractivity contribution in [2.24, 2.45) is 5.41 Å². The van der Waals surface area contributed by atoms with Crippen molar-refractivity contribution in [3.63, 3.8) is 0 Å². The predicted octanol–water partition coefficient (Wildman–Crippen LogP) is 1.75. The third-order valence-electron chi connectivity index (χ3n) is 4.65. The summed E-state index contributed by atoms with van der Waals surface area (Å²) in [6, 6.07) is 3.06. The maximum absolute atomic E-state index is 13.6. The highest BCUT2D eigenvalue weighted by Crippen LogP contribution is 2.73. The Morgan fingerprint density at radius 2 is 2.07 bits per heavy atom. The Bertz CT molecular complexity index is 481. The Hall–Kier alpha value is -0.960. The summed E-state index contributed by atoms with van der Waals surface area (Å²) in [5, 5.41) is 3.36. The van der Waals surface area contributed by atoms with Crippen LogP contribution >= 0.6 is 0 Å². The minimum atomic E-state index is -0.700. The SMILES string of the molecule is Fc1ccc2c(c1F)CC13CNCC21C3. The summed E-state index contributed by atoms with van der Waals surface area (Å²) in [6.07, 6.45) is 1.88. The maximum atomic E-state index is 13.6. The quantitative estimate of drug-likeness (QED) is 0.683. The normalized spacial score (nSPS) is 39.9. The van der Waals surface area contributed by atoms with Gasteiger partial charge in [0.1, 0.15) is 0 Å². The number of hydrogen-bond acceptors (Lipinski definition) is 1. The zero-order valence-corrected chi connectivity index (χ0v) is 8.24. The molecule has 0 amide bonds. The Labute approximate surface area is 86.5 Å². The fourth-order valence-corrected chi connectivity index (χ4v) is 3.85. The molecule has 0 radical (unpaired) electrons. The molecule has 78 valence electrons. The Morgan fingerprint density at radius 3 is 2.93 bits per heavy atom. The molecular formula is C12H11F2N. The number of benzene rings is 1. The number of hydrogen-bond donors (Lipinski definition) is 1. The molecule has 0 bridgehead atoms. The molecule has 1 N–H and O–H groups in total. The van der Waals surface area contributed by atoms with Gasteiger partial charge in [-0.25, -0.2) is 8.78 Å². The molecule has 15 heavy (non-hydrogen) atoms. The van der Waals surface area contributed by atoms with Crippen LogP contribution in [0.2, 0.25) is 0 Å². The van der Waals surface area contributed by atoms with Crippen LogP contribution in [0, 0.1) is 17.0 Å². The lowest BCUT2D eigenvalue weighted by molar-refractivity contribution is 0.476. The van der Waals surface area contributed by atoms with E-state index in [-0.39, 0.29) is 10.8 Å². The molecule has 1 heterocycles. The van der Waals surface area contributed by atoms with Gasteiger partial charge in [0.15, 0.2) is 11.6 Å². The van der Waals surface area contributed by atoms with Crippen molar-refractivity contribution in [2.45, 2.75) is 18.3 Å². The van der Waals surface area contributed by atoms with Gasteiger partial charge in [-0.15, -0.1) is 0 Å². The fourth-order valence-electron chi connectivity index (χ4n) is 3.85. The lowest BCUT2D eigenvalue weighted by atomic mass is 9.95. The second-order valence-electron chi connectivity index (χ2n) is 5.21. The van der Waals surface area contributed by atoms with E-state index in [9.17, 15) is 8.78 Å². The van der Waals surface area contributed by atoms with Gasteiger partial charge in [-0.3, -0.25) is 0 Å². The van der Waals surface area contributed by atoms with Crippen LogP contribution in [-0.4, -0.2) is 13.1 Å². The highest BCUT2D eigenvalue weighted by atomic mass is 19.2. The van der Waals surface area contributed by atoms with E-state index in [1.165, 1.54) is 6.07 Å². The topological polar surface area (TPSA) is 12.0 Å². The van der Waals surface area contributed by atoms with E-state index in [0.29, 0.717) is 5.56 Å². The first kappa shape index (κ1) is 8.22. The van der Waals surface area contributed by atoms with Gasteiger partial charge in [0, 0.05) is 18.5 Å². The average molecular weight is 207 g/mol. The van der Waals surface area contributed by atoms with E-state index in [2.05, 4.69) is 5.32 Å². The van der Waals surface area contributed by atoms with Crippen molar-refractivity contribution in [2.75, 3.05) is 13.1 Å². The first-order valence-corrected chi connectivity index (χ1v) is 5.37. The maximum Gasteiger partial charge on any atom is 0.162 e. The highest BCUT2D eigenvalue weighted by Gasteiger charge is 2.74. The summed E-state index contributed by atoms with van der Waals surface area (Å²) >= 11 is 0. The number of nitrogens with one attached hydrogen (secondary N) is 1. The van der Waals surface area contributed by atoms with E-state index in [0.717, 1.165) is 31.5 Å². The van der Waals surface area contributed by atoms with Crippen LogP contribution in [0.25, 0.3) is 0 Å². The standard InChI is InChI=1S/C12H11F2N/c13-9-2-1-8-7(10(9)14)3-11-4-12(8,11)6-15-5-11/h1-2,15H,3-6H2. The van der Waals surface area contributed by atoms with Gasteiger partial charge in [0.25, 0.3) is 0 Å². The van der Waals surface area contributed by atoms with Crippen LogP contribution in [0.5, 0.6) is 0 Å². The van der Waals surface area contributed by atoms with E-state index < -0.39 is 11.6 Å². The van der Waals surface area contributed by atoms with Gasteiger partial charge in [0.2, 0.25) is 0 Å². The van der Waals surface area contributed by atoms with Gasteiger partial charge in [0.05, 0.1) is 0 Å². The van der Waals surface area contributed by atoms with Crippen LogP contribution in [-0.2, 0) is 11.8 Å². The largest absolute Gasteiger partial charge is 0.315 e. The summed E-state index contributed by atoms with van der Waals surface area (Å²) in [5.41, 5.74) is 2.08. The average Bonchev–Trinajstić information content (AvgIpc) is 2.60. The zero-order valence-electron chi connectivity index (χ0n) is 8.24. The first-order chi connectivity index (χ1) is 7.19. The molecule has 2 fully saturated rings. The van der Waals surface area contributed by atoms with Gasteiger partial charge in [-0.2, -0.15) is 0 Å². The number of fused-ring (bicyclic) bond motifs is 1. The number of rotatable bonds is 0. The van der Waals surface area contributed by atoms with Crippen LogP contribution in [0.1, 0.15) is 17.5 Å². The van der Waals surface area contributed by atoms with Crippen molar-refractivity contribution < 1.29 is 8.78 Å². The van der Waals surface area contributed by atoms with Crippen molar-refractivity contribution >= 4 is 0 Å². The smallest absolute Gasteiger partial charge is 0.162 e. The predicted molar refractivity (Wildman–Crippen MR) is 51.7 cm³/mol. The van der Waals surface area contributed by atoms with E-state index in [4.69, 9.17) is 0 Å².